The van der Waals surface area contributed by atoms with Gasteiger partial charge in [-0.15, -0.1) is 0 Å². The van der Waals surface area contributed by atoms with Gasteiger partial charge in [0.25, 0.3) is 5.91 Å². The number of rotatable bonds is 4. The number of nitrogens with one attached hydrogen (secondary N) is 1. The third-order valence-corrected chi connectivity index (χ3v) is 4.78. The summed E-state index contributed by atoms with van der Waals surface area (Å²) in [6.07, 6.45) is 2.95. The second-order valence-electron chi connectivity index (χ2n) is 8.55. The number of imide groups is 1. The van der Waals surface area contributed by atoms with Crippen molar-refractivity contribution in [3.63, 3.8) is 0 Å². The molecule has 0 atom stereocenters. The molecule has 2 heterocycles. The van der Waals surface area contributed by atoms with Crippen LogP contribution in [-0.4, -0.2) is 27.4 Å². The molecule has 0 aliphatic carbocycles. The first-order valence-electron chi connectivity index (χ1n) is 9.21. The van der Waals surface area contributed by atoms with Gasteiger partial charge in [0.15, 0.2) is 5.75 Å². The molecule has 1 N–H and O–H groups in total. The van der Waals surface area contributed by atoms with Crippen LogP contribution in [0.5, 0.6) is 5.75 Å². The van der Waals surface area contributed by atoms with Gasteiger partial charge in [-0.2, -0.15) is 4.90 Å². The van der Waals surface area contributed by atoms with Gasteiger partial charge in [0, 0.05) is 0 Å². The smallest absolute Gasteiger partial charge is 0.332 e. The lowest BCUT2D eigenvalue weighted by Crippen LogP contribution is -2.40. The van der Waals surface area contributed by atoms with Crippen LogP contribution < -0.4 is 15.0 Å². The van der Waals surface area contributed by atoms with E-state index in [1.54, 1.807) is 13.8 Å². The standard InChI is InChI=1S/C21H26N4O3/c1-13-8-7-9-16(20(2,3)4)15(13)12-28-14-10-22-18(23-11-14)25-17(26)21(5,6)24-19(25)27/h7-11H,12H2,1-6H3,(H,24,27). The lowest BCUT2D eigenvalue weighted by Gasteiger charge is -2.24. The summed E-state index contributed by atoms with van der Waals surface area (Å²) in [5.41, 5.74) is 2.55. The molecule has 0 saturated carbocycles. The van der Waals surface area contributed by atoms with Gasteiger partial charge >= 0.3 is 6.03 Å². The molecule has 1 saturated heterocycles. The number of hydrogen-bond acceptors (Lipinski definition) is 5. The van der Waals surface area contributed by atoms with E-state index in [1.165, 1.54) is 18.0 Å². The van der Waals surface area contributed by atoms with Crippen molar-refractivity contribution in [1.29, 1.82) is 0 Å². The number of nitrogens with zero attached hydrogens (tertiary/aromatic N) is 3. The van der Waals surface area contributed by atoms with Crippen molar-refractivity contribution in [2.75, 3.05) is 4.90 Å². The van der Waals surface area contributed by atoms with Crippen molar-refractivity contribution < 1.29 is 14.3 Å². The third kappa shape index (κ3) is 3.69. The highest BCUT2D eigenvalue weighted by molar-refractivity contribution is 6.22. The molecule has 3 amide bonds. The zero-order chi connectivity index (χ0) is 20.7. The quantitative estimate of drug-likeness (QED) is 0.818. The number of carbonyl (C=O) groups is 2. The van der Waals surface area contributed by atoms with E-state index in [9.17, 15) is 9.59 Å². The second kappa shape index (κ2) is 6.89. The summed E-state index contributed by atoms with van der Waals surface area (Å²) >= 11 is 0. The van der Waals surface area contributed by atoms with Crippen LogP contribution in [0.4, 0.5) is 10.7 Å². The van der Waals surface area contributed by atoms with Crippen LogP contribution in [0.25, 0.3) is 0 Å². The molecular weight excluding hydrogens is 356 g/mol. The molecule has 28 heavy (non-hydrogen) atoms. The highest BCUT2D eigenvalue weighted by Gasteiger charge is 2.46. The molecule has 1 aromatic carbocycles. The van der Waals surface area contributed by atoms with Crippen molar-refractivity contribution in [3.8, 4) is 5.75 Å². The predicted octanol–water partition coefficient (Wildman–Crippen LogP) is 3.50. The fourth-order valence-corrected chi connectivity index (χ4v) is 3.18. The maximum absolute atomic E-state index is 12.3. The lowest BCUT2D eigenvalue weighted by molar-refractivity contribution is -0.121. The van der Waals surface area contributed by atoms with E-state index in [4.69, 9.17) is 4.74 Å². The lowest BCUT2D eigenvalue weighted by atomic mass is 9.82. The molecule has 1 aliphatic rings. The first-order valence-corrected chi connectivity index (χ1v) is 9.21. The third-order valence-electron chi connectivity index (χ3n) is 4.78. The Kier molecular flexibility index (Phi) is 4.87. The van der Waals surface area contributed by atoms with Crippen LogP contribution in [0.2, 0.25) is 0 Å². The van der Waals surface area contributed by atoms with Crippen molar-refractivity contribution in [2.45, 2.75) is 59.1 Å². The summed E-state index contributed by atoms with van der Waals surface area (Å²) in [6.45, 7) is 12.2. The van der Waals surface area contributed by atoms with E-state index in [0.717, 1.165) is 16.0 Å². The van der Waals surface area contributed by atoms with Crippen LogP contribution in [-0.2, 0) is 16.8 Å². The van der Waals surface area contributed by atoms with Crippen LogP contribution in [0.15, 0.2) is 30.6 Å². The summed E-state index contributed by atoms with van der Waals surface area (Å²) in [5, 5.41) is 2.61. The maximum Gasteiger partial charge on any atom is 0.332 e. The molecule has 0 spiro atoms. The van der Waals surface area contributed by atoms with E-state index in [2.05, 4.69) is 61.2 Å². The molecular formula is C21H26N4O3. The van der Waals surface area contributed by atoms with E-state index in [1.807, 2.05) is 0 Å². The minimum atomic E-state index is -0.968. The van der Waals surface area contributed by atoms with Gasteiger partial charge in [-0.25, -0.2) is 14.8 Å². The topological polar surface area (TPSA) is 84.4 Å². The van der Waals surface area contributed by atoms with E-state index >= 15 is 0 Å². The number of ether oxygens (including phenoxy) is 1. The van der Waals surface area contributed by atoms with Gasteiger partial charge in [0.05, 0.1) is 12.4 Å². The van der Waals surface area contributed by atoms with Crippen LogP contribution in [0.3, 0.4) is 0 Å². The molecule has 3 rings (SSSR count). The number of aromatic nitrogens is 2. The highest BCUT2D eigenvalue weighted by Crippen LogP contribution is 2.29. The van der Waals surface area contributed by atoms with E-state index in [-0.39, 0.29) is 17.3 Å². The molecule has 7 nitrogen and oxygen atoms in total. The Morgan fingerprint density at radius 3 is 2.32 bits per heavy atom. The fourth-order valence-electron chi connectivity index (χ4n) is 3.18. The fraction of sp³-hybridized carbons (Fsp3) is 0.429. The SMILES string of the molecule is Cc1cccc(C(C)(C)C)c1COc1cnc(N2C(=O)NC(C)(C)C2=O)nc1. The zero-order valence-corrected chi connectivity index (χ0v) is 17.2. The Balaban J connectivity index is 1.77. The van der Waals surface area contributed by atoms with Crippen molar-refractivity contribution in [1.82, 2.24) is 15.3 Å². The molecule has 0 unspecified atom stereocenters. The van der Waals surface area contributed by atoms with Gasteiger partial charge in [-0.3, -0.25) is 4.79 Å². The Labute approximate surface area is 165 Å². The number of carbonyl (C=O) groups excluding carboxylic acids is 2. The Morgan fingerprint density at radius 1 is 1.14 bits per heavy atom. The van der Waals surface area contributed by atoms with Gasteiger partial charge < -0.3 is 10.1 Å². The number of hydrogen-bond donors (Lipinski definition) is 1. The van der Waals surface area contributed by atoms with Crippen LogP contribution in [0, 0.1) is 6.92 Å². The average molecular weight is 382 g/mol. The van der Waals surface area contributed by atoms with Crippen molar-refractivity contribution in [2.24, 2.45) is 0 Å². The predicted molar refractivity (Wildman–Crippen MR) is 106 cm³/mol. The summed E-state index contributed by atoms with van der Waals surface area (Å²) in [5.74, 6) is 0.116. The highest BCUT2D eigenvalue weighted by atomic mass is 16.5. The van der Waals surface area contributed by atoms with E-state index < -0.39 is 11.6 Å². The van der Waals surface area contributed by atoms with Crippen molar-refractivity contribution >= 4 is 17.9 Å². The summed E-state index contributed by atoms with van der Waals surface area (Å²) in [4.78, 5) is 33.6. The molecule has 1 aliphatic heterocycles. The number of anilines is 1. The molecule has 148 valence electrons. The van der Waals surface area contributed by atoms with Crippen LogP contribution >= 0.6 is 0 Å². The van der Waals surface area contributed by atoms with Gasteiger partial charge in [-0.1, -0.05) is 39.0 Å². The monoisotopic (exact) mass is 382 g/mol. The Morgan fingerprint density at radius 2 is 1.79 bits per heavy atom. The second-order valence-corrected chi connectivity index (χ2v) is 8.55. The number of amides is 3. The molecule has 1 aromatic heterocycles. The largest absolute Gasteiger partial charge is 0.486 e. The number of urea groups is 1. The summed E-state index contributed by atoms with van der Waals surface area (Å²) < 4.78 is 5.89. The molecule has 7 heteroatoms. The number of benzene rings is 1. The first kappa shape index (κ1) is 19.8. The summed E-state index contributed by atoms with van der Waals surface area (Å²) in [6, 6.07) is 5.70. The summed E-state index contributed by atoms with van der Waals surface area (Å²) in [7, 11) is 0. The molecule has 2 aromatic rings. The minimum Gasteiger partial charge on any atom is -0.486 e. The van der Waals surface area contributed by atoms with Crippen LogP contribution in [0.1, 0.15) is 51.3 Å². The Bertz CT molecular complexity index is 914. The molecule has 1 fully saturated rings. The first-order chi connectivity index (χ1) is 13.0. The molecule has 0 radical (unpaired) electrons. The van der Waals surface area contributed by atoms with Gasteiger partial charge in [0.2, 0.25) is 5.95 Å². The van der Waals surface area contributed by atoms with Gasteiger partial charge in [-0.05, 0) is 42.9 Å². The minimum absolute atomic E-state index is 0.00134. The maximum atomic E-state index is 12.3. The average Bonchev–Trinajstić information content (AvgIpc) is 2.81. The van der Waals surface area contributed by atoms with Crippen molar-refractivity contribution in [3.05, 3.63) is 47.3 Å². The van der Waals surface area contributed by atoms with E-state index in [0.29, 0.717) is 12.4 Å². The molecule has 0 bridgehead atoms. The zero-order valence-electron chi connectivity index (χ0n) is 17.2. The normalized spacial score (nSPS) is 16.3. The Hall–Kier alpha value is -2.96. The van der Waals surface area contributed by atoms with Gasteiger partial charge in [0.1, 0.15) is 12.1 Å². The number of aryl methyl sites for hydroxylation is 1.